The first-order chi connectivity index (χ1) is 16.3. The topological polar surface area (TPSA) is 134 Å². The van der Waals surface area contributed by atoms with Crippen LogP contribution in [0.15, 0.2) is 78.4 Å². The lowest BCUT2D eigenvalue weighted by Gasteiger charge is -2.08. The van der Waals surface area contributed by atoms with E-state index in [2.05, 4.69) is 10.6 Å². The molecule has 3 aromatic carbocycles. The maximum atomic E-state index is 12.9. The van der Waals surface area contributed by atoms with Crippen molar-refractivity contribution in [3.63, 3.8) is 0 Å². The minimum absolute atomic E-state index is 0.183. The Morgan fingerprint density at radius 2 is 1.74 bits per heavy atom. The van der Waals surface area contributed by atoms with Crippen molar-refractivity contribution in [3.05, 3.63) is 99.9 Å². The van der Waals surface area contributed by atoms with Gasteiger partial charge in [0.1, 0.15) is 23.2 Å². The zero-order valence-electron chi connectivity index (χ0n) is 17.5. The van der Waals surface area contributed by atoms with E-state index in [4.69, 9.17) is 4.74 Å². The molecule has 170 valence electrons. The van der Waals surface area contributed by atoms with Crippen molar-refractivity contribution >= 4 is 35.0 Å². The summed E-state index contributed by atoms with van der Waals surface area (Å²) in [5, 5.41) is 25.2. The summed E-state index contributed by atoms with van der Waals surface area (Å²) < 4.78 is 18.3. The average Bonchev–Trinajstić information content (AvgIpc) is 2.83. The van der Waals surface area contributed by atoms with E-state index in [1.807, 2.05) is 0 Å². The molecule has 0 aliphatic carbocycles. The number of rotatable bonds is 8. The number of anilines is 2. The first kappa shape index (κ1) is 23.6. The third kappa shape index (κ3) is 6.73. The third-order valence-corrected chi connectivity index (χ3v) is 4.37. The van der Waals surface area contributed by atoms with Gasteiger partial charge in [0.25, 0.3) is 17.5 Å². The van der Waals surface area contributed by atoms with Crippen molar-refractivity contribution in [2.45, 2.75) is 0 Å². The molecule has 0 unspecified atom stereocenters. The quantitative estimate of drug-likeness (QED) is 0.223. The van der Waals surface area contributed by atoms with E-state index in [0.29, 0.717) is 17.0 Å². The maximum absolute atomic E-state index is 12.9. The number of nitro benzene ring substituents is 1. The number of amides is 2. The fraction of sp³-hybridized carbons (Fsp3) is 0.0417. The van der Waals surface area contributed by atoms with E-state index in [-0.39, 0.29) is 23.6 Å². The number of hydrogen-bond donors (Lipinski definition) is 2. The van der Waals surface area contributed by atoms with E-state index in [9.17, 15) is 29.4 Å². The number of nitrogens with one attached hydrogen (secondary N) is 2. The van der Waals surface area contributed by atoms with Crippen LogP contribution in [0.2, 0.25) is 0 Å². The Hall–Kier alpha value is -5.04. The molecule has 0 radical (unpaired) electrons. The van der Waals surface area contributed by atoms with Crippen LogP contribution in [0.4, 0.5) is 21.5 Å². The predicted octanol–water partition coefficient (Wildman–Crippen LogP) is 4.30. The monoisotopic (exact) mass is 460 g/mol. The first-order valence-corrected chi connectivity index (χ1v) is 9.80. The first-order valence-electron chi connectivity index (χ1n) is 9.80. The van der Waals surface area contributed by atoms with E-state index in [1.165, 1.54) is 54.6 Å². The van der Waals surface area contributed by atoms with Crippen LogP contribution in [-0.4, -0.2) is 23.3 Å². The number of benzene rings is 3. The van der Waals surface area contributed by atoms with Gasteiger partial charge in [-0.1, -0.05) is 18.2 Å². The van der Waals surface area contributed by atoms with Crippen LogP contribution in [0, 0.1) is 27.3 Å². The number of carbonyl (C=O) groups excluding carboxylic acids is 2. The number of nitro groups is 1. The molecule has 0 aromatic heterocycles. The molecule has 0 heterocycles. The van der Waals surface area contributed by atoms with Crippen LogP contribution in [0.5, 0.6) is 5.75 Å². The molecular formula is C24H17FN4O5. The Labute approximate surface area is 193 Å². The smallest absolute Gasteiger partial charge is 0.271 e. The van der Waals surface area contributed by atoms with Gasteiger partial charge in [-0.15, -0.1) is 0 Å². The van der Waals surface area contributed by atoms with Gasteiger partial charge in [-0.3, -0.25) is 19.7 Å². The number of carbonyl (C=O) groups is 2. The van der Waals surface area contributed by atoms with Crippen molar-refractivity contribution in [2.24, 2.45) is 0 Å². The summed E-state index contributed by atoms with van der Waals surface area (Å²) in [4.78, 5) is 34.6. The Kier molecular flexibility index (Phi) is 7.65. The van der Waals surface area contributed by atoms with Gasteiger partial charge in [-0.25, -0.2) is 4.39 Å². The number of ether oxygens (including phenoxy) is 1. The summed E-state index contributed by atoms with van der Waals surface area (Å²) >= 11 is 0. The second-order valence-corrected chi connectivity index (χ2v) is 6.84. The number of halogens is 1. The second kappa shape index (κ2) is 11.0. The van der Waals surface area contributed by atoms with E-state index in [0.717, 1.165) is 0 Å². The van der Waals surface area contributed by atoms with Gasteiger partial charge < -0.3 is 15.4 Å². The molecule has 0 bridgehead atoms. The Bertz CT molecular complexity index is 1280. The van der Waals surface area contributed by atoms with Crippen LogP contribution in [-0.2, 0) is 9.59 Å². The van der Waals surface area contributed by atoms with Gasteiger partial charge in [-0.05, 0) is 54.1 Å². The number of non-ortho nitro benzene ring substituents is 1. The highest BCUT2D eigenvalue weighted by Gasteiger charge is 2.12. The molecule has 3 aromatic rings. The largest absolute Gasteiger partial charge is 0.484 e. The summed E-state index contributed by atoms with van der Waals surface area (Å²) in [5.74, 6) is -1.18. The van der Waals surface area contributed by atoms with E-state index < -0.39 is 22.6 Å². The van der Waals surface area contributed by atoms with Crippen molar-refractivity contribution in [1.82, 2.24) is 0 Å². The van der Waals surface area contributed by atoms with Gasteiger partial charge in [0.15, 0.2) is 6.61 Å². The predicted molar refractivity (Wildman–Crippen MR) is 122 cm³/mol. The summed E-state index contributed by atoms with van der Waals surface area (Å²) in [6, 6.07) is 18.8. The lowest BCUT2D eigenvalue weighted by Crippen LogP contribution is -2.20. The Balaban J connectivity index is 1.58. The van der Waals surface area contributed by atoms with Gasteiger partial charge in [0.05, 0.1) is 4.92 Å². The van der Waals surface area contributed by atoms with Crippen LogP contribution in [0.3, 0.4) is 0 Å². The molecule has 3 rings (SSSR count). The highest BCUT2D eigenvalue weighted by atomic mass is 19.1. The normalized spacial score (nSPS) is 10.6. The fourth-order valence-electron chi connectivity index (χ4n) is 2.75. The lowest BCUT2D eigenvalue weighted by molar-refractivity contribution is -0.384. The lowest BCUT2D eigenvalue weighted by atomic mass is 10.1. The molecular weight excluding hydrogens is 443 g/mol. The van der Waals surface area contributed by atoms with E-state index >= 15 is 0 Å². The Morgan fingerprint density at radius 1 is 1.03 bits per heavy atom. The van der Waals surface area contributed by atoms with Crippen LogP contribution < -0.4 is 15.4 Å². The molecule has 9 nitrogen and oxygen atoms in total. The summed E-state index contributed by atoms with van der Waals surface area (Å²) in [7, 11) is 0. The average molecular weight is 460 g/mol. The molecule has 0 atom stereocenters. The fourth-order valence-corrected chi connectivity index (χ4v) is 2.75. The molecule has 0 fully saturated rings. The minimum Gasteiger partial charge on any atom is -0.484 e. The summed E-state index contributed by atoms with van der Waals surface area (Å²) in [6.45, 7) is -0.276. The molecule has 0 saturated heterocycles. The summed E-state index contributed by atoms with van der Waals surface area (Å²) in [5.41, 5.74) is 0.737. The minimum atomic E-state index is -0.721. The van der Waals surface area contributed by atoms with Gasteiger partial charge in [0, 0.05) is 23.5 Å². The Morgan fingerprint density at radius 3 is 2.38 bits per heavy atom. The van der Waals surface area contributed by atoms with Crippen LogP contribution in [0.25, 0.3) is 6.08 Å². The van der Waals surface area contributed by atoms with Gasteiger partial charge in [-0.2, -0.15) is 5.26 Å². The third-order valence-electron chi connectivity index (χ3n) is 4.37. The van der Waals surface area contributed by atoms with Crippen molar-refractivity contribution in [3.8, 4) is 11.8 Å². The highest BCUT2D eigenvalue weighted by molar-refractivity contribution is 6.09. The molecule has 0 aliphatic rings. The molecule has 10 heteroatoms. The number of nitrogens with zero attached hydrogens (tertiary/aromatic N) is 2. The van der Waals surface area contributed by atoms with Gasteiger partial charge >= 0.3 is 0 Å². The van der Waals surface area contributed by atoms with Crippen molar-refractivity contribution < 1.29 is 23.6 Å². The molecule has 34 heavy (non-hydrogen) atoms. The zero-order valence-corrected chi connectivity index (χ0v) is 17.5. The van der Waals surface area contributed by atoms with Crippen LogP contribution in [0.1, 0.15) is 5.56 Å². The second-order valence-electron chi connectivity index (χ2n) is 6.84. The molecule has 0 spiro atoms. The van der Waals surface area contributed by atoms with Crippen LogP contribution >= 0.6 is 0 Å². The molecule has 2 N–H and O–H groups in total. The SMILES string of the molecule is N#C/C(=C/c1ccc(OCC(=O)Nc2ccc(F)cc2)cc1)C(=O)Nc1cccc([N+](=O)[O-])c1. The zero-order chi connectivity index (χ0) is 24.5. The molecule has 0 aliphatic heterocycles. The highest BCUT2D eigenvalue weighted by Crippen LogP contribution is 2.19. The van der Waals surface area contributed by atoms with Crippen molar-refractivity contribution in [1.29, 1.82) is 5.26 Å². The maximum Gasteiger partial charge on any atom is 0.271 e. The van der Waals surface area contributed by atoms with Crippen molar-refractivity contribution in [2.75, 3.05) is 17.2 Å². The van der Waals surface area contributed by atoms with E-state index in [1.54, 1.807) is 30.3 Å². The molecule has 0 saturated carbocycles. The standard InChI is InChI=1S/C24H17FN4O5/c25-18-6-8-19(9-7-18)27-23(30)15-34-22-10-4-16(5-11-22)12-17(14-26)24(31)28-20-2-1-3-21(13-20)29(32)33/h1-13H,15H2,(H,27,30)(H,28,31)/b17-12-. The van der Waals surface area contributed by atoms with Gasteiger partial charge in [0.2, 0.25) is 0 Å². The number of hydrogen-bond acceptors (Lipinski definition) is 6. The summed E-state index contributed by atoms with van der Waals surface area (Å²) in [6.07, 6.45) is 1.34. The molecule has 2 amide bonds. The number of nitriles is 1.